The number of nitrogens with zero attached hydrogens (tertiary/aromatic N) is 8. The molecular weight excluding hydrogens is 541 g/mol. The zero-order chi connectivity index (χ0) is 29.1. The predicted octanol–water partition coefficient (Wildman–Crippen LogP) is 2.92. The van der Waals surface area contributed by atoms with Gasteiger partial charge in [-0.05, 0) is 83.8 Å². The summed E-state index contributed by atoms with van der Waals surface area (Å²) in [5.74, 6) is -1.29. The first-order valence-electron chi connectivity index (χ1n) is 13.6. The minimum absolute atomic E-state index is 0.105. The molecule has 42 heavy (non-hydrogen) atoms. The molecule has 214 valence electrons. The minimum atomic E-state index is -1.12. The van der Waals surface area contributed by atoms with Gasteiger partial charge in [0.05, 0.1) is 17.3 Å². The molecule has 0 spiro atoms. The van der Waals surface area contributed by atoms with Crippen LogP contribution >= 0.6 is 0 Å². The number of hydrogen-bond acceptors (Lipinski definition) is 8. The highest BCUT2D eigenvalue weighted by Gasteiger charge is 2.34. The van der Waals surface area contributed by atoms with Crippen molar-refractivity contribution in [2.45, 2.75) is 38.5 Å². The molecule has 0 unspecified atom stereocenters. The summed E-state index contributed by atoms with van der Waals surface area (Å²) in [6, 6.07) is 17.1. The van der Waals surface area contributed by atoms with Crippen LogP contribution in [-0.2, 0) is 20.9 Å². The number of aryl methyl sites for hydroxylation is 1. The summed E-state index contributed by atoms with van der Waals surface area (Å²) in [7, 11) is 0. The lowest BCUT2D eigenvalue weighted by Crippen LogP contribution is -2.46. The Bertz CT molecular complexity index is 1700. The number of fused-ring (bicyclic) bond motifs is 1. The van der Waals surface area contributed by atoms with Crippen LogP contribution in [-0.4, -0.2) is 66.3 Å². The van der Waals surface area contributed by atoms with Gasteiger partial charge in [0.15, 0.2) is 0 Å². The Morgan fingerprint density at radius 3 is 2.69 bits per heavy atom. The highest BCUT2D eigenvalue weighted by atomic mass is 19.1. The maximum atomic E-state index is 14.2. The summed E-state index contributed by atoms with van der Waals surface area (Å²) >= 11 is 0. The Morgan fingerprint density at radius 1 is 1.12 bits per heavy atom. The molecule has 3 aromatic carbocycles. The molecule has 5 aromatic rings. The van der Waals surface area contributed by atoms with Crippen molar-refractivity contribution >= 4 is 28.5 Å². The number of carbonyl (C=O) groups excluding carboxylic acids is 2. The second-order valence-corrected chi connectivity index (χ2v) is 10.1. The van der Waals surface area contributed by atoms with Gasteiger partial charge in [-0.25, -0.2) is 13.8 Å². The molecule has 1 fully saturated rings. The zero-order valence-electron chi connectivity index (χ0n) is 22.8. The standard InChI is InChI=1S/C29H28FN9O3/c1-19-15-22(12-13-25(19)38-18-32-34-36-38)39(27(40)17-37-26-7-3-2-6-24(26)33-35-37)28(20-8-10-21(30)11-9-20)29(41)31-16-23-5-4-14-42-23/h2-3,6-13,15,18,23,28H,4-5,14,16-17H2,1H3,(H,31,41)/t23-,28-/m1/s1. The van der Waals surface area contributed by atoms with E-state index >= 15 is 0 Å². The molecule has 0 bridgehead atoms. The lowest BCUT2D eigenvalue weighted by atomic mass is 10.0. The van der Waals surface area contributed by atoms with E-state index in [1.54, 1.807) is 18.2 Å². The van der Waals surface area contributed by atoms with Gasteiger partial charge in [0, 0.05) is 18.8 Å². The van der Waals surface area contributed by atoms with E-state index in [-0.39, 0.29) is 12.6 Å². The first kappa shape index (κ1) is 27.1. The van der Waals surface area contributed by atoms with Crippen molar-refractivity contribution in [2.24, 2.45) is 0 Å². The Kier molecular flexibility index (Phi) is 7.64. The molecule has 13 heteroatoms. The summed E-state index contributed by atoms with van der Waals surface area (Å²) in [5.41, 5.74) is 3.70. The van der Waals surface area contributed by atoms with Gasteiger partial charge in [-0.1, -0.05) is 29.5 Å². The number of tetrazole rings is 1. The lowest BCUT2D eigenvalue weighted by Gasteiger charge is -2.32. The fourth-order valence-corrected chi connectivity index (χ4v) is 5.17. The van der Waals surface area contributed by atoms with Crippen molar-refractivity contribution < 1.29 is 18.7 Å². The number of rotatable bonds is 9. The number of benzene rings is 3. The van der Waals surface area contributed by atoms with Crippen LogP contribution in [0.4, 0.5) is 10.1 Å². The van der Waals surface area contributed by atoms with Gasteiger partial charge in [0.2, 0.25) is 11.8 Å². The van der Waals surface area contributed by atoms with Gasteiger partial charge in [-0.3, -0.25) is 14.5 Å². The van der Waals surface area contributed by atoms with E-state index < -0.39 is 23.7 Å². The second kappa shape index (κ2) is 11.8. The van der Waals surface area contributed by atoms with Gasteiger partial charge in [-0.2, -0.15) is 0 Å². The molecule has 1 N–H and O–H groups in total. The number of halogens is 1. The molecule has 12 nitrogen and oxygen atoms in total. The van der Waals surface area contributed by atoms with Crippen molar-refractivity contribution in [1.29, 1.82) is 0 Å². The number of ether oxygens (including phenoxy) is 1. The topological polar surface area (TPSA) is 133 Å². The van der Waals surface area contributed by atoms with Gasteiger partial charge < -0.3 is 10.1 Å². The number of hydrogen-bond donors (Lipinski definition) is 1. The average Bonchev–Trinajstić information content (AvgIpc) is 3.79. The van der Waals surface area contributed by atoms with E-state index in [1.807, 2.05) is 31.2 Å². The predicted molar refractivity (Wildman–Crippen MR) is 150 cm³/mol. The molecule has 0 aliphatic carbocycles. The molecule has 0 radical (unpaired) electrons. The normalized spacial score (nSPS) is 15.5. The smallest absolute Gasteiger partial charge is 0.249 e. The van der Waals surface area contributed by atoms with Crippen molar-refractivity contribution in [1.82, 2.24) is 40.5 Å². The number of nitrogens with one attached hydrogen (secondary N) is 1. The maximum Gasteiger partial charge on any atom is 0.249 e. The number of amides is 2. The van der Waals surface area contributed by atoms with E-state index in [1.165, 1.54) is 44.9 Å². The third kappa shape index (κ3) is 5.59. The Balaban J connectivity index is 1.42. The Labute approximate surface area is 240 Å². The molecule has 2 amide bonds. The molecule has 2 atom stereocenters. The average molecular weight is 570 g/mol. The third-order valence-electron chi connectivity index (χ3n) is 7.25. The first-order chi connectivity index (χ1) is 20.5. The van der Waals surface area contributed by atoms with E-state index in [4.69, 9.17) is 4.74 Å². The number of carbonyl (C=O) groups is 2. The number of aromatic nitrogens is 7. The number of anilines is 1. The summed E-state index contributed by atoms with van der Waals surface area (Å²) in [4.78, 5) is 29.6. The van der Waals surface area contributed by atoms with E-state index in [9.17, 15) is 14.0 Å². The van der Waals surface area contributed by atoms with E-state index in [2.05, 4.69) is 31.2 Å². The highest BCUT2D eigenvalue weighted by molar-refractivity contribution is 6.01. The van der Waals surface area contributed by atoms with Crippen molar-refractivity contribution in [3.05, 3.63) is 90.0 Å². The third-order valence-corrected chi connectivity index (χ3v) is 7.25. The van der Waals surface area contributed by atoms with Crippen molar-refractivity contribution in [3.63, 3.8) is 0 Å². The summed E-state index contributed by atoms with van der Waals surface area (Å²) < 4.78 is 22.7. The fourth-order valence-electron chi connectivity index (χ4n) is 5.17. The molecule has 0 saturated carbocycles. The highest BCUT2D eigenvalue weighted by Crippen LogP contribution is 2.31. The SMILES string of the molecule is Cc1cc(N(C(=O)Cn2nnc3ccccc32)[C@@H](C(=O)NC[C@H]2CCCO2)c2ccc(F)cc2)ccc1-n1cnnn1. The Morgan fingerprint density at radius 2 is 1.95 bits per heavy atom. The largest absolute Gasteiger partial charge is 0.376 e. The van der Waals surface area contributed by atoms with Crippen LogP contribution in [0.2, 0.25) is 0 Å². The molecular formula is C29H28FN9O3. The molecule has 3 heterocycles. The molecule has 1 aliphatic heterocycles. The summed E-state index contributed by atoms with van der Waals surface area (Å²) in [6.07, 6.45) is 3.12. The monoisotopic (exact) mass is 569 g/mol. The van der Waals surface area contributed by atoms with Crippen LogP contribution in [0.15, 0.2) is 73.1 Å². The molecule has 1 aliphatic rings. The Hall–Kier alpha value is -5.04. The van der Waals surface area contributed by atoms with Crippen LogP contribution in [0, 0.1) is 12.7 Å². The van der Waals surface area contributed by atoms with Crippen molar-refractivity contribution in [2.75, 3.05) is 18.1 Å². The van der Waals surface area contributed by atoms with Crippen LogP contribution in [0.5, 0.6) is 0 Å². The molecule has 1 saturated heterocycles. The van der Waals surface area contributed by atoms with Crippen LogP contribution < -0.4 is 10.2 Å². The number of para-hydroxylation sites is 1. The fraction of sp³-hybridized carbons (Fsp3) is 0.276. The van der Waals surface area contributed by atoms with Crippen molar-refractivity contribution in [3.8, 4) is 5.69 Å². The van der Waals surface area contributed by atoms with Gasteiger partial charge in [-0.15, -0.1) is 10.2 Å². The van der Waals surface area contributed by atoms with E-state index in [0.29, 0.717) is 41.1 Å². The molecule has 2 aromatic heterocycles. The minimum Gasteiger partial charge on any atom is -0.376 e. The van der Waals surface area contributed by atoms with Gasteiger partial charge in [0.1, 0.15) is 30.2 Å². The van der Waals surface area contributed by atoms with Gasteiger partial charge in [0.25, 0.3) is 0 Å². The second-order valence-electron chi connectivity index (χ2n) is 10.1. The van der Waals surface area contributed by atoms with Crippen LogP contribution in [0.3, 0.4) is 0 Å². The van der Waals surface area contributed by atoms with E-state index in [0.717, 1.165) is 18.4 Å². The first-order valence-corrected chi connectivity index (χ1v) is 13.6. The van der Waals surface area contributed by atoms with Crippen LogP contribution in [0.1, 0.15) is 30.0 Å². The molecule has 6 rings (SSSR count). The summed E-state index contributed by atoms with van der Waals surface area (Å²) in [5, 5.41) is 22.7. The zero-order valence-corrected chi connectivity index (χ0v) is 22.8. The summed E-state index contributed by atoms with van der Waals surface area (Å²) in [6.45, 7) is 2.61. The lowest BCUT2D eigenvalue weighted by molar-refractivity contribution is -0.127. The van der Waals surface area contributed by atoms with Gasteiger partial charge >= 0.3 is 0 Å². The van der Waals surface area contributed by atoms with Crippen LogP contribution in [0.25, 0.3) is 16.7 Å². The quantitative estimate of drug-likeness (QED) is 0.287. The maximum absolute atomic E-state index is 14.2.